The van der Waals surface area contributed by atoms with E-state index in [0.717, 1.165) is 17.7 Å². The van der Waals surface area contributed by atoms with Crippen LogP contribution in [0, 0.1) is 5.92 Å². The van der Waals surface area contributed by atoms with Gasteiger partial charge in [0, 0.05) is 25.5 Å². The minimum Gasteiger partial charge on any atom is -0.387 e. The first-order chi connectivity index (χ1) is 10.7. The Kier molecular flexibility index (Phi) is 4.50. The van der Waals surface area contributed by atoms with Crippen molar-refractivity contribution >= 4 is 5.91 Å². The van der Waals surface area contributed by atoms with E-state index >= 15 is 0 Å². The maximum Gasteiger partial charge on any atom is 0.225 e. The number of aromatic nitrogens is 2. The van der Waals surface area contributed by atoms with Crippen LogP contribution in [0.5, 0.6) is 0 Å². The Bertz CT molecular complexity index is 604. The van der Waals surface area contributed by atoms with Crippen LogP contribution in [0.25, 0.3) is 5.69 Å². The molecule has 2 aromatic rings. The summed E-state index contributed by atoms with van der Waals surface area (Å²) in [4.78, 5) is 11.9. The number of benzene rings is 1. The summed E-state index contributed by atoms with van der Waals surface area (Å²) in [5.74, 6) is -0.140. The summed E-state index contributed by atoms with van der Waals surface area (Å²) in [6, 6.07) is 9.31. The number of nitrogens with one attached hydrogen (secondary N) is 1. The van der Waals surface area contributed by atoms with E-state index in [-0.39, 0.29) is 18.4 Å². The second-order valence-corrected chi connectivity index (χ2v) is 5.36. The topological polar surface area (TPSA) is 76.4 Å². The van der Waals surface area contributed by atoms with Crippen molar-refractivity contribution < 1.29 is 14.6 Å². The number of hydrogen-bond donors (Lipinski definition) is 2. The Hall–Kier alpha value is -2.18. The molecule has 116 valence electrons. The van der Waals surface area contributed by atoms with Crippen LogP contribution in [0.4, 0.5) is 0 Å². The van der Waals surface area contributed by atoms with Crippen molar-refractivity contribution in [2.24, 2.45) is 5.92 Å². The highest BCUT2D eigenvalue weighted by atomic mass is 16.5. The number of hydrogen-bond acceptors (Lipinski definition) is 4. The van der Waals surface area contributed by atoms with E-state index in [9.17, 15) is 9.90 Å². The van der Waals surface area contributed by atoms with Crippen LogP contribution < -0.4 is 5.32 Å². The van der Waals surface area contributed by atoms with E-state index in [1.165, 1.54) is 0 Å². The van der Waals surface area contributed by atoms with Crippen LogP contribution >= 0.6 is 0 Å². The lowest BCUT2D eigenvalue weighted by Crippen LogP contribution is -2.34. The molecular weight excluding hydrogens is 282 g/mol. The molecule has 0 saturated carbocycles. The predicted molar refractivity (Wildman–Crippen MR) is 80.5 cm³/mol. The van der Waals surface area contributed by atoms with Crippen molar-refractivity contribution in [2.75, 3.05) is 19.8 Å². The second-order valence-electron chi connectivity index (χ2n) is 5.36. The van der Waals surface area contributed by atoms with Crippen LogP contribution in [-0.2, 0) is 9.53 Å². The fourth-order valence-corrected chi connectivity index (χ4v) is 2.47. The number of aliphatic hydroxyl groups excluding tert-OH is 1. The van der Waals surface area contributed by atoms with Gasteiger partial charge in [0.2, 0.25) is 5.91 Å². The molecule has 2 unspecified atom stereocenters. The van der Waals surface area contributed by atoms with Crippen molar-refractivity contribution in [2.45, 2.75) is 12.5 Å². The van der Waals surface area contributed by atoms with Crippen molar-refractivity contribution in [1.82, 2.24) is 15.1 Å². The van der Waals surface area contributed by atoms with Crippen molar-refractivity contribution in [3.8, 4) is 5.69 Å². The fraction of sp³-hybridized carbons (Fsp3) is 0.375. The standard InChI is InChI=1S/C16H19N3O3/c20-15(10-17-16(21)13-6-9-22-11-13)12-2-4-14(5-3-12)19-8-1-7-18-19/h1-5,7-8,13,15,20H,6,9-11H2,(H,17,21). The van der Waals surface area contributed by atoms with E-state index in [1.54, 1.807) is 10.9 Å². The molecule has 6 heteroatoms. The molecule has 2 atom stereocenters. The summed E-state index contributed by atoms with van der Waals surface area (Å²) in [6.45, 7) is 1.31. The first-order valence-electron chi connectivity index (χ1n) is 7.37. The predicted octanol–water partition coefficient (Wildman–Crippen LogP) is 1.06. The van der Waals surface area contributed by atoms with Gasteiger partial charge in [-0.3, -0.25) is 4.79 Å². The zero-order chi connectivity index (χ0) is 15.4. The number of ether oxygens (including phenoxy) is 1. The van der Waals surface area contributed by atoms with Gasteiger partial charge in [-0.1, -0.05) is 12.1 Å². The molecule has 1 aliphatic rings. The van der Waals surface area contributed by atoms with Gasteiger partial charge in [0.15, 0.2) is 0 Å². The molecule has 6 nitrogen and oxygen atoms in total. The summed E-state index contributed by atoms with van der Waals surface area (Å²) < 4.78 is 6.93. The molecule has 22 heavy (non-hydrogen) atoms. The molecule has 1 fully saturated rings. The molecule has 3 rings (SSSR count). The van der Waals surface area contributed by atoms with Gasteiger partial charge in [-0.25, -0.2) is 4.68 Å². The zero-order valence-corrected chi connectivity index (χ0v) is 12.2. The lowest BCUT2D eigenvalue weighted by Gasteiger charge is -2.14. The Morgan fingerprint density at radius 2 is 2.27 bits per heavy atom. The summed E-state index contributed by atoms with van der Waals surface area (Å²) in [6.07, 6.45) is 3.60. The molecule has 0 bridgehead atoms. The van der Waals surface area contributed by atoms with Gasteiger partial charge in [-0.2, -0.15) is 5.10 Å². The summed E-state index contributed by atoms with van der Waals surface area (Å²) in [5, 5.41) is 17.1. The first-order valence-corrected chi connectivity index (χ1v) is 7.37. The summed E-state index contributed by atoms with van der Waals surface area (Å²) in [5.41, 5.74) is 1.69. The number of carbonyl (C=O) groups excluding carboxylic acids is 1. The number of amides is 1. The van der Waals surface area contributed by atoms with Gasteiger partial charge in [-0.05, 0) is 30.2 Å². The van der Waals surface area contributed by atoms with E-state index in [4.69, 9.17) is 4.74 Å². The van der Waals surface area contributed by atoms with Gasteiger partial charge in [-0.15, -0.1) is 0 Å². The quantitative estimate of drug-likeness (QED) is 0.866. The van der Waals surface area contributed by atoms with Gasteiger partial charge < -0.3 is 15.2 Å². The van der Waals surface area contributed by atoms with Crippen LogP contribution in [0.3, 0.4) is 0 Å². The number of nitrogens with zero attached hydrogens (tertiary/aromatic N) is 2. The molecular formula is C16H19N3O3. The Morgan fingerprint density at radius 3 is 2.91 bits per heavy atom. The van der Waals surface area contributed by atoms with Crippen LogP contribution in [0.2, 0.25) is 0 Å². The molecule has 1 amide bonds. The average molecular weight is 301 g/mol. The van der Waals surface area contributed by atoms with E-state index in [2.05, 4.69) is 10.4 Å². The fourth-order valence-electron chi connectivity index (χ4n) is 2.47. The lowest BCUT2D eigenvalue weighted by atomic mass is 10.1. The maximum absolute atomic E-state index is 11.9. The molecule has 1 saturated heterocycles. The number of rotatable bonds is 5. The van der Waals surface area contributed by atoms with E-state index in [1.807, 2.05) is 36.5 Å². The minimum absolute atomic E-state index is 0.0512. The van der Waals surface area contributed by atoms with Crippen molar-refractivity contribution in [1.29, 1.82) is 0 Å². The van der Waals surface area contributed by atoms with Crippen LogP contribution in [0.15, 0.2) is 42.7 Å². The SMILES string of the molecule is O=C(NCC(O)c1ccc(-n2cccn2)cc1)C1CCOC1. The molecule has 2 heterocycles. The highest BCUT2D eigenvalue weighted by Gasteiger charge is 2.23. The van der Waals surface area contributed by atoms with Crippen LogP contribution in [0.1, 0.15) is 18.1 Å². The van der Waals surface area contributed by atoms with Gasteiger partial charge in [0.05, 0.1) is 24.3 Å². The highest BCUT2D eigenvalue weighted by Crippen LogP contribution is 2.16. The molecule has 0 spiro atoms. The van der Waals surface area contributed by atoms with E-state index < -0.39 is 6.10 Å². The van der Waals surface area contributed by atoms with Crippen molar-refractivity contribution in [3.05, 3.63) is 48.3 Å². The van der Waals surface area contributed by atoms with Crippen LogP contribution in [-0.4, -0.2) is 40.6 Å². The normalized spacial score (nSPS) is 19.0. The molecule has 0 radical (unpaired) electrons. The smallest absolute Gasteiger partial charge is 0.225 e. The molecule has 1 aromatic heterocycles. The minimum atomic E-state index is -0.724. The molecule has 0 aliphatic carbocycles. The lowest BCUT2D eigenvalue weighted by molar-refractivity contribution is -0.125. The third-order valence-corrected chi connectivity index (χ3v) is 3.82. The largest absolute Gasteiger partial charge is 0.387 e. The van der Waals surface area contributed by atoms with Gasteiger partial charge >= 0.3 is 0 Å². The van der Waals surface area contributed by atoms with Crippen molar-refractivity contribution in [3.63, 3.8) is 0 Å². The second kappa shape index (κ2) is 6.72. The number of aliphatic hydroxyl groups is 1. The third-order valence-electron chi connectivity index (χ3n) is 3.82. The van der Waals surface area contributed by atoms with Gasteiger partial charge in [0.25, 0.3) is 0 Å². The average Bonchev–Trinajstić information content (AvgIpc) is 3.25. The Morgan fingerprint density at radius 1 is 1.45 bits per heavy atom. The maximum atomic E-state index is 11.9. The summed E-state index contributed by atoms with van der Waals surface area (Å²) in [7, 11) is 0. The Balaban J connectivity index is 1.55. The van der Waals surface area contributed by atoms with Gasteiger partial charge in [0.1, 0.15) is 0 Å². The highest BCUT2D eigenvalue weighted by molar-refractivity contribution is 5.79. The Labute approximate surface area is 128 Å². The third kappa shape index (κ3) is 3.35. The monoisotopic (exact) mass is 301 g/mol. The molecule has 2 N–H and O–H groups in total. The molecule has 1 aromatic carbocycles. The molecule has 1 aliphatic heterocycles. The first kappa shape index (κ1) is 14.7. The number of carbonyl (C=O) groups is 1. The summed E-state index contributed by atoms with van der Waals surface area (Å²) >= 11 is 0. The zero-order valence-electron chi connectivity index (χ0n) is 12.2. The van der Waals surface area contributed by atoms with E-state index in [0.29, 0.717) is 13.2 Å².